The molecule has 0 amide bonds. The molecule has 0 aromatic heterocycles. The van der Waals surface area contributed by atoms with E-state index in [1.807, 2.05) is 0 Å². The van der Waals surface area contributed by atoms with Crippen molar-refractivity contribution in [3.63, 3.8) is 0 Å². The molecule has 1 fully saturated rings. The first-order chi connectivity index (χ1) is 8.83. The highest BCUT2D eigenvalue weighted by atomic mass is 15.3. The number of quaternary nitrogens is 1. The van der Waals surface area contributed by atoms with Crippen molar-refractivity contribution in [3.05, 3.63) is 0 Å². The Balaban J connectivity index is 2.27. The SMILES string of the molecule is CCCCCC[N+]1(CCCCCC)CCCCC1. The number of piperidine rings is 1. The zero-order valence-electron chi connectivity index (χ0n) is 13.1. The molecule has 0 bridgehead atoms. The van der Waals surface area contributed by atoms with Gasteiger partial charge in [-0.2, -0.15) is 0 Å². The Bertz CT molecular complexity index is 168. The van der Waals surface area contributed by atoms with Gasteiger partial charge in [0.05, 0.1) is 26.2 Å². The molecule has 1 aliphatic rings. The Kier molecular flexibility index (Phi) is 8.75. The molecule has 1 saturated heterocycles. The third-order valence-corrected chi connectivity index (χ3v) is 4.74. The normalized spacial score (nSPS) is 19.0. The van der Waals surface area contributed by atoms with Crippen molar-refractivity contribution in [1.29, 1.82) is 0 Å². The van der Waals surface area contributed by atoms with Gasteiger partial charge in [0.15, 0.2) is 0 Å². The monoisotopic (exact) mass is 254 g/mol. The van der Waals surface area contributed by atoms with E-state index in [1.54, 1.807) is 0 Å². The Hall–Kier alpha value is -0.0400. The summed E-state index contributed by atoms with van der Waals surface area (Å²) in [5.74, 6) is 0. The number of nitrogens with zero attached hydrogens (tertiary/aromatic N) is 1. The summed E-state index contributed by atoms with van der Waals surface area (Å²) in [7, 11) is 0. The highest BCUT2D eigenvalue weighted by Gasteiger charge is 2.28. The van der Waals surface area contributed by atoms with Gasteiger partial charge in [0.2, 0.25) is 0 Å². The van der Waals surface area contributed by atoms with Gasteiger partial charge in [-0.25, -0.2) is 0 Å². The van der Waals surface area contributed by atoms with E-state index in [1.165, 1.54) is 101 Å². The van der Waals surface area contributed by atoms with Crippen LogP contribution in [-0.2, 0) is 0 Å². The van der Waals surface area contributed by atoms with Crippen LogP contribution in [0.25, 0.3) is 0 Å². The van der Waals surface area contributed by atoms with Crippen molar-refractivity contribution in [2.45, 2.75) is 84.5 Å². The molecule has 0 unspecified atom stereocenters. The largest absolute Gasteiger partial charge is 0.324 e. The molecule has 0 aromatic carbocycles. The smallest absolute Gasteiger partial charge is 0.0786 e. The first kappa shape index (κ1) is 16.0. The highest BCUT2D eigenvalue weighted by Crippen LogP contribution is 2.22. The Morgan fingerprint density at radius 2 is 1.11 bits per heavy atom. The summed E-state index contributed by atoms with van der Waals surface area (Å²) < 4.78 is 1.48. The van der Waals surface area contributed by atoms with Gasteiger partial charge >= 0.3 is 0 Å². The number of hydrogen-bond donors (Lipinski definition) is 0. The lowest BCUT2D eigenvalue weighted by atomic mass is 10.0. The van der Waals surface area contributed by atoms with E-state index in [4.69, 9.17) is 0 Å². The molecule has 0 radical (unpaired) electrons. The third-order valence-electron chi connectivity index (χ3n) is 4.74. The number of likely N-dealkylation sites (tertiary alicyclic amines) is 1. The minimum atomic E-state index is 1.37. The molecule has 18 heavy (non-hydrogen) atoms. The van der Waals surface area contributed by atoms with Crippen molar-refractivity contribution in [3.8, 4) is 0 Å². The highest BCUT2D eigenvalue weighted by molar-refractivity contribution is 4.56. The summed E-state index contributed by atoms with van der Waals surface area (Å²) in [4.78, 5) is 0. The number of rotatable bonds is 10. The van der Waals surface area contributed by atoms with Gasteiger partial charge in [0.25, 0.3) is 0 Å². The topological polar surface area (TPSA) is 0 Å². The molecule has 0 aliphatic carbocycles. The van der Waals surface area contributed by atoms with Crippen LogP contribution < -0.4 is 0 Å². The minimum Gasteiger partial charge on any atom is -0.324 e. The van der Waals surface area contributed by atoms with E-state index in [0.29, 0.717) is 0 Å². The predicted molar refractivity (Wildman–Crippen MR) is 81.9 cm³/mol. The van der Waals surface area contributed by atoms with Gasteiger partial charge in [-0.05, 0) is 44.9 Å². The van der Waals surface area contributed by atoms with E-state index >= 15 is 0 Å². The first-order valence-electron chi connectivity index (χ1n) is 8.68. The third kappa shape index (κ3) is 6.22. The second kappa shape index (κ2) is 9.83. The Morgan fingerprint density at radius 3 is 1.56 bits per heavy atom. The van der Waals surface area contributed by atoms with Crippen molar-refractivity contribution >= 4 is 0 Å². The lowest BCUT2D eigenvalue weighted by molar-refractivity contribution is -0.932. The molecule has 108 valence electrons. The average molecular weight is 254 g/mol. The van der Waals surface area contributed by atoms with Crippen LogP contribution in [0.1, 0.15) is 84.5 Å². The van der Waals surface area contributed by atoms with Gasteiger partial charge in [0.1, 0.15) is 0 Å². The zero-order valence-corrected chi connectivity index (χ0v) is 13.1. The molecule has 1 heterocycles. The quantitative estimate of drug-likeness (QED) is 0.374. The average Bonchev–Trinajstić information content (AvgIpc) is 2.41. The molecular formula is C17H36N+. The number of unbranched alkanes of at least 4 members (excludes halogenated alkanes) is 6. The fourth-order valence-corrected chi connectivity index (χ4v) is 3.49. The van der Waals surface area contributed by atoms with E-state index in [9.17, 15) is 0 Å². The lowest BCUT2D eigenvalue weighted by Crippen LogP contribution is -2.52. The van der Waals surface area contributed by atoms with Gasteiger partial charge in [-0.1, -0.05) is 39.5 Å². The van der Waals surface area contributed by atoms with Crippen LogP contribution in [0.5, 0.6) is 0 Å². The summed E-state index contributed by atoms with van der Waals surface area (Å²) in [6, 6.07) is 0. The maximum atomic E-state index is 2.32. The van der Waals surface area contributed by atoms with E-state index < -0.39 is 0 Å². The van der Waals surface area contributed by atoms with Gasteiger partial charge < -0.3 is 4.48 Å². The lowest BCUT2D eigenvalue weighted by Gasteiger charge is -2.42. The molecule has 1 aliphatic heterocycles. The summed E-state index contributed by atoms with van der Waals surface area (Å²) in [6.07, 6.45) is 16.0. The van der Waals surface area contributed by atoms with E-state index in [-0.39, 0.29) is 0 Å². The summed E-state index contributed by atoms with van der Waals surface area (Å²) in [6.45, 7) is 10.6. The maximum Gasteiger partial charge on any atom is 0.0786 e. The van der Waals surface area contributed by atoms with Crippen molar-refractivity contribution in [2.75, 3.05) is 26.2 Å². The minimum absolute atomic E-state index is 1.37. The van der Waals surface area contributed by atoms with E-state index in [0.717, 1.165) is 0 Å². The molecule has 0 N–H and O–H groups in total. The van der Waals surface area contributed by atoms with Gasteiger partial charge in [-0.3, -0.25) is 0 Å². The van der Waals surface area contributed by atoms with Crippen LogP contribution in [-0.4, -0.2) is 30.7 Å². The molecule has 1 heteroatoms. The molecule has 0 atom stereocenters. The van der Waals surface area contributed by atoms with Crippen molar-refractivity contribution in [2.24, 2.45) is 0 Å². The standard InChI is InChI=1S/C17H36N/c1-3-5-7-10-14-18(15-11-8-6-4-2)16-12-9-13-17-18/h3-17H2,1-2H3/q+1. The second-order valence-electron chi connectivity index (χ2n) is 6.42. The second-order valence-corrected chi connectivity index (χ2v) is 6.42. The van der Waals surface area contributed by atoms with Crippen LogP contribution in [0.2, 0.25) is 0 Å². The van der Waals surface area contributed by atoms with Crippen molar-refractivity contribution < 1.29 is 4.48 Å². The van der Waals surface area contributed by atoms with E-state index in [2.05, 4.69) is 13.8 Å². The van der Waals surface area contributed by atoms with Crippen LogP contribution >= 0.6 is 0 Å². The van der Waals surface area contributed by atoms with Crippen LogP contribution in [0.3, 0.4) is 0 Å². The van der Waals surface area contributed by atoms with Crippen LogP contribution in [0, 0.1) is 0 Å². The van der Waals surface area contributed by atoms with Gasteiger partial charge in [-0.15, -0.1) is 0 Å². The molecule has 0 saturated carbocycles. The molecular weight excluding hydrogens is 218 g/mol. The zero-order chi connectivity index (χ0) is 13.1. The summed E-state index contributed by atoms with van der Waals surface area (Å²) in [5, 5.41) is 0. The van der Waals surface area contributed by atoms with Crippen LogP contribution in [0.4, 0.5) is 0 Å². The molecule has 1 nitrogen and oxygen atoms in total. The predicted octanol–water partition coefficient (Wildman–Crippen LogP) is 5.15. The fraction of sp³-hybridized carbons (Fsp3) is 1.00. The van der Waals surface area contributed by atoms with Crippen LogP contribution in [0.15, 0.2) is 0 Å². The molecule has 1 rings (SSSR count). The maximum absolute atomic E-state index is 2.32. The molecule has 0 aromatic rings. The molecule has 0 spiro atoms. The first-order valence-corrected chi connectivity index (χ1v) is 8.68. The Labute approximate surface area is 116 Å². The van der Waals surface area contributed by atoms with Gasteiger partial charge in [0, 0.05) is 0 Å². The fourth-order valence-electron chi connectivity index (χ4n) is 3.49. The summed E-state index contributed by atoms with van der Waals surface area (Å²) >= 11 is 0. The van der Waals surface area contributed by atoms with Crippen molar-refractivity contribution in [1.82, 2.24) is 0 Å². The number of hydrogen-bond acceptors (Lipinski definition) is 0. The summed E-state index contributed by atoms with van der Waals surface area (Å²) in [5.41, 5.74) is 0. The Morgan fingerprint density at radius 1 is 0.611 bits per heavy atom.